The smallest absolute Gasteiger partial charge is 0.0337 e. The summed E-state index contributed by atoms with van der Waals surface area (Å²) < 4.78 is 0. The van der Waals surface area contributed by atoms with Gasteiger partial charge in [-0.05, 0) is 38.1 Å². The molecule has 0 bridgehead atoms. The lowest BCUT2D eigenvalue weighted by Crippen LogP contribution is -2.59. The maximum Gasteiger partial charge on any atom is 0.0337 e. The second-order valence-corrected chi connectivity index (χ2v) is 6.35. The third-order valence-corrected chi connectivity index (χ3v) is 5.16. The third kappa shape index (κ3) is 2.68. The van der Waals surface area contributed by atoms with E-state index in [-0.39, 0.29) is 0 Å². The maximum absolute atomic E-state index is 6.20. The molecule has 2 N–H and O–H groups in total. The number of hydrogen-bond donors (Lipinski definition) is 1. The average Bonchev–Trinajstić information content (AvgIpc) is 2.83. The largest absolute Gasteiger partial charge is 0.329 e. The van der Waals surface area contributed by atoms with Crippen LogP contribution in [0, 0.1) is 5.92 Å². The van der Waals surface area contributed by atoms with Crippen LogP contribution < -0.4 is 5.73 Å². The summed E-state index contributed by atoms with van der Waals surface area (Å²) in [6.45, 7) is 6.79. The van der Waals surface area contributed by atoms with E-state index in [0.29, 0.717) is 5.54 Å². The van der Waals surface area contributed by atoms with Gasteiger partial charge < -0.3 is 5.73 Å². The Morgan fingerprint density at radius 2 is 1.88 bits per heavy atom. The molecule has 2 unspecified atom stereocenters. The van der Waals surface area contributed by atoms with Crippen LogP contribution in [0.25, 0.3) is 0 Å². The van der Waals surface area contributed by atoms with Gasteiger partial charge in [0, 0.05) is 18.1 Å². The number of hydrogen-bond acceptors (Lipinski definition) is 2. The van der Waals surface area contributed by atoms with Gasteiger partial charge >= 0.3 is 0 Å². The molecule has 2 nitrogen and oxygen atoms in total. The first-order chi connectivity index (χ1) is 8.22. The Morgan fingerprint density at radius 3 is 2.41 bits per heavy atom. The van der Waals surface area contributed by atoms with Crippen LogP contribution in [-0.2, 0) is 0 Å². The van der Waals surface area contributed by atoms with Crippen molar-refractivity contribution >= 4 is 0 Å². The number of likely N-dealkylation sites (N-methyl/N-ethyl adjacent to an activating group) is 1. The molecule has 2 aliphatic rings. The van der Waals surface area contributed by atoms with E-state index in [1.165, 1.54) is 57.9 Å². The van der Waals surface area contributed by atoms with Crippen molar-refractivity contribution in [2.24, 2.45) is 11.7 Å². The van der Waals surface area contributed by atoms with Crippen LogP contribution in [0.15, 0.2) is 0 Å². The monoisotopic (exact) mass is 238 g/mol. The van der Waals surface area contributed by atoms with E-state index in [9.17, 15) is 0 Å². The molecule has 17 heavy (non-hydrogen) atoms. The molecule has 0 saturated heterocycles. The number of nitrogens with zero attached hydrogens (tertiary/aromatic N) is 1. The molecule has 2 fully saturated rings. The topological polar surface area (TPSA) is 29.3 Å². The predicted molar refractivity (Wildman–Crippen MR) is 74.1 cm³/mol. The zero-order valence-corrected chi connectivity index (χ0v) is 11.8. The fraction of sp³-hybridized carbons (Fsp3) is 1.00. The van der Waals surface area contributed by atoms with Gasteiger partial charge in [0.15, 0.2) is 0 Å². The van der Waals surface area contributed by atoms with Gasteiger partial charge in [0.25, 0.3) is 0 Å². The lowest BCUT2D eigenvalue weighted by atomic mass is 9.74. The van der Waals surface area contributed by atoms with Crippen molar-refractivity contribution < 1.29 is 0 Å². The van der Waals surface area contributed by atoms with Crippen LogP contribution in [0.3, 0.4) is 0 Å². The minimum Gasteiger partial charge on any atom is -0.329 e. The fourth-order valence-electron chi connectivity index (χ4n) is 4.39. The summed E-state index contributed by atoms with van der Waals surface area (Å²) >= 11 is 0. The van der Waals surface area contributed by atoms with Gasteiger partial charge in [-0.2, -0.15) is 0 Å². The average molecular weight is 238 g/mol. The molecule has 0 radical (unpaired) electrons. The van der Waals surface area contributed by atoms with E-state index < -0.39 is 0 Å². The van der Waals surface area contributed by atoms with E-state index in [4.69, 9.17) is 5.73 Å². The van der Waals surface area contributed by atoms with Gasteiger partial charge in [0.1, 0.15) is 0 Å². The molecule has 2 aliphatic carbocycles. The zero-order valence-electron chi connectivity index (χ0n) is 11.8. The molecule has 0 spiro atoms. The van der Waals surface area contributed by atoms with E-state index in [1.54, 1.807) is 0 Å². The van der Waals surface area contributed by atoms with E-state index >= 15 is 0 Å². The first-order valence-electron chi connectivity index (χ1n) is 7.68. The van der Waals surface area contributed by atoms with Gasteiger partial charge in [-0.25, -0.2) is 0 Å². The minimum absolute atomic E-state index is 0.335. The van der Waals surface area contributed by atoms with Crippen LogP contribution in [-0.4, -0.2) is 29.6 Å². The molecule has 100 valence electrons. The van der Waals surface area contributed by atoms with E-state index in [0.717, 1.165) is 18.5 Å². The summed E-state index contributed by atoms with van der Waals surface area (Å²) in [5.74, 6) is 0.864. The predicted octanol–water partition coefficient (Wildman–Crippen LogP) is 3.16. The van der Waals surface area contributed by atoms with Crippen molar-refractivity contribution in [2.45, 2.75) is 76.8 Å². The molecule has 2 rings (SSSR count). The Hall–Kier alpha value is -0.0800. The molecule has 0 aromatic carbocycles. The molecule has 2 atom stereocenters. The van der Waals surface area contributed by atoms with E-state index in [1.807, 2.05) is 0 Å². The van der Waals surface area contributed by atoms with Gasteiger partial charge in [-0.15, -0.1) is 0 Å². The SMILES string of the molecule is CCN(C1CCCC1)C1(CN)CCCC(C)C1. The highest BCUT2D eigenvalue weighted by molar-refractivity contribution is 4.98. The van der Waals surface area contributed by atoms with Gasteiger partial charge in [0.05, 0.1) is 0 Å². The van der Waals surface area contributed by atoms with Crippen LogP contribution in [0.2, 0.25) is 0 Å². The van der Waals surface area contributed by atoms with Crippen molar-refractivity contribution in [1.82, 2.24) is 4.90 Å². The quantitative estimate of drug-likeness (QED) is 0.815. The Kier molecular flexibility index (Phi) is 4.48. The summed E-state index contributed by atoms with van der Waals surface area (Å²) in [6.07, 6.45) is 11.1. The molecular weight excluding hydrogens is 208 g/mol. The van der Waals surface area contributed by atoms with Gasteiger partial charge in [-0.3, -0.25) is 4.90 Å². The molecule has 0 aromatic rings. The van der Waals surface area contributed by atoms with Crippen molar-refractivity contribution in [3.05, 3.63) is 0 Å². The summed E-state index contributed by atoms with van der Waals surface area (Å²) in [5.41, 5.74) is 6.54. The van der Waals surface area contributed by atoms with Gasteiger partial charge in [-0.1, -0.05) is 39.5 Å². The molecule has 0 aliphatic heterocycles. The zero-order chi connectivity index (χ0) is 12.3. The number of rotatable bonds is 4. The standard InChI is InChI=1S/C15H30N2/c1-3-17(14-8-4-5-9-14)15(12-16)10-6-7-13(2)11-15/h13-14H,3-12,16H2,1-2H3. The fourth-order valence-corrected chi connectivity index (χ4v) is 4.39. The highest BCUT2D eigenvalue weighted by Gasteiger charge is 2.41. The maximum atomic E-state index is 6.20. The van der Waals surface area contributed by atoms with Crippen molar-refractivity contribution in [3.63, 3.8) is 0 Å². The first-order valence-corrected chi connectivity index (χ1v) is 7.68. The molecule has 0 amide bonds. The Balaban J connectivity index is 2.12. The summed E-state index contributed by atoms with van der Waals surface area (Å²) in [5, 5.41) is 0. The van der Waals surface area contributed by atoms with Crippen LogP contribution in [0.4, 0.5) is 0 Å². The lowest BCUT2D eigenvalue weighted by Gasteiger charge is -2.50. The molecular formula is C15H30N2. The van der Waals surface area contributed by atoms with Crippen LogP contribution in [0.5, 0.6) is 0 Å². The highest BCUT2D eigenvalue weighted by Crippen LogP contribution is 2.39. The summed E-state index contributed by atoms with van der Waals surface area (Å²) in [6, 6.07) is 0.828. The minimum atomic E-state index is 0.335. The second-order valence-electron chi connectivity index (χ2n) is 6.35. The normalized spacial score (nSPS) is 35.6. The number of nitrogens with two attached hydrogens (primary N) is 1. The molecule has 0 aromatic heterocycles. The van der Waals surface area contributed by atoms with Crippen molar-refractivity contribution in [2.75, 3.05) is 13.1 Å². The Morgan fingerprint density at radius 1 is 1.18 bits per heavy atom. The summed E-state index contributed by atoms with van der Waals surface area (Å²) in [7, 11) is 0. The van der Waals surface area contributed by atoms with Crippen LogP contribution >= 0.6 is 0 Å². The first kappa shape index (κ1) is 13.4. The molecule has 0 heterocycles. The molecule has 2 saturated carbocycles. The van der Waals surface area contributed by atoms with Crippen molar-refractivity contribution in [1.29, 1.82) is 0 Å². The molecule has 2 heteroatoms. The highest BCUT2D eigenvalue weighted by atomic mass is 15.2. The van der Waals surface area contributed by atoms with Crippen LogP contribution in [0.1, 0.15) is 65.2 Å². The van der Waals surface area contributed by atoms with Gasteiger partial charge in [0.2, 0.25) is 0 Å². The third-order valence-electron chi connectivity index (χ3n) is 5.16. The second kappa shape index (κ2) is 5.71. The lowest BCUT2D eigenvalue weighted by molar-refractivity contribution is 0.0103. The summed E-state index contributed by atoms with van der Waals surface area (Å²) in [4.78, 5) is 2.79. The Bertz CT molecular complexity index is 235. The van der Waals surface area contributed by atoms with E-state index in [2.05, 4.69) is 18.7 Å². The Labute approximate surface area is 107 Å². The van der Waals surface area contributed by atoms with Crippen molar-refractivity contribution in [3.8, 4) is 0 Å².